The molecule has 1 N–H and O–H groups in total. The summed E-state index contributed by atoms with van der Waals surface area (Å²) >= 11 is 5.54. The predicted octanol–water partition coefficient (Wildman–Crippen LogP) is 4.59. The molecule has 2 atom stereocenters. The van der Waals surface area contributed by atoms with Gasteiger partial charge in [0.15, 0.2) is 5.11 Å². The van der Waals surface area contributed by atoms with Crippen molar-refractivity contribution in [2.24, 2.45) is 0 Å². The lowest BCUT2D eigenvalue weighted by Crippen LogP contribution is -2.27. The molecule has 1 aliphatic rings. The van der Waals surface area contributed by atoms with E-state index in [0.717, 1.165) is 0 Å². The van der Waals surface area contributed by atoms with Gasteiger partial charge in [-0.15, -0.1) is 0 Å². The molecule has 3 aromatic carbocycles. The highest BCUT2D eigenvalue weighted by Gasteiger charge is 2.50. The highest BCUT2D eigenvalue weighted by atomic mass is 32.1. The van der Waals surface area contributed by atoms with Gasteiger partial charge in [-0.05, 0) is 42.0 Å². The molecule has 1 heterocycles. The SMILES string of the molecule is O=[N+]([O-])c1cccc([C@H]2NC(=S)N(c3ccccc3)[P@]2(=O)c2ccccc2)c1. The zero-order valence-corrected chi connectivity index (χ0v) is 16.3. The van der Waals surface area contributed by atoms with Crippen LogP contribution in [0.5, 0.6) is 0 Å². The Balaban J connectivity index is 1.92. The van der Waals surface area contributed by atoms with Crippen LogP contribution in [0.3, 0.4) is 0 Å². The van der Waals surface area contributed by atoms with E-state index >= 15 is 0 Å². The van der Waals surface area contributed by atoms with Gasteiger partial charge in [0, 0.05) is 17.4 Å². The highest BCUT2D eigenvalue weighted by molar-refractivity contribution is 7.84. The standard InChI is InChI=1S/C20H16N3O3PS/c24-23(25)17-11-7-8-15(14-17)19-21-20(28)22(16-9-3-1-4-10-16)27(19,26)18-12-5-2-6-13-18/h1-14,19H,(H,21,28)/t19-,27-/m0/s1. The lowest BCUT2D eigenvalue weighted by molar-refractivity contribution is -0.384. The number of hydrogen-bond acceptors (Lipinski definition) is 4. The summed E-state index contributed by atoms with van der Waals surface area (Å²) in [7, 11) is -3.33. The van der Waals surface area contributed by atoms with Crippen molar-refractivity contribution in [3.8, 4) is 0 Å². The molecule has 140 valence electrons. The van der Waals surface area contributed by atoms with E-state index in [1.807, 2.05) is 48.5 Å². The second kappa shape index (κ2) is 7.19. The summed E-state index contributed by atoms with van der Waals surface area (Å²) in [4.78, 5) is 10.8. The molecule has 28 heavy (non-hydrogen) atoms. The normalized spacial score (nSPS) is 21.4. The largest absolute Gasteiger partial charge is 0.346 e. The van der Waals surface area contributed by atoms with Gasteiger partial charge in [0.2, 0.25) is 7.29 Å². The molecule has 0 bridgehead atoms. The average molecular weight is 409 g/mol. The van der Waals surface area contributed by atoms with Crippen LogP contribution >= 0.6 is 19.5 Å². The topological polar surface area (TPSA) is 75.5 Å². The minimum atomic E-state index is -3.33. The summed E-state index contributed by atoms with van der Waals surface area (Å²) in [5.41, 5.74) is 1.21. The van der Waals surface area contributed by atoms with Crippen molar-refractivity contribution in [2.45, 2.75) is 5.78 Å². The summed E-state index contributed by atoms with van der Waals surface area (Å²) in [5.74, 6) is -0.692. The lowest BCUT2D eigenvalue weighted by Gasteiger charge is -2.28. The summed E-state index contributed by atoms with van der Waals surface area (Å²) < 4.78 is 16.2. The molecule has 0 aromatic heterocycles. The van der Waals surface area contributed by atoms with Crippen LogP contribution < -0.4 is 15.3 Å². The Labute approximate surface area is 167 Å². The third-order valence-electron chi connectivity index (χ3n) is 4.62. The maximum absolute atomic E-state index is 14.6. The first kappa shape index (κ1) is 18.3. The number of benzene rings is 3. The van der Waals surface area contributed by atoms with Crippen molar-refractivity contribution in [3.05, 3.63) is 101 Å². The molecule has 3 aromatic rings. The fourth-order valence-electron chi connectivity index (χ4n) is 3.37. The van der Waals surface area contributed by atoms with E-state index in [1.165, 1.54) is 12.1 Å². The van der Waals surface area contributed by atoms with E-state index < -0.39 is 18.0 Å². The molecular formula is C20H16N3O3PS. The molecular weight excluding hydrogens is 393 g/mol. The van der Waals surface area contributed by atoms with Crippen LogP contribution in [0.25, 0.3) is 0 Å². The van der Waals surface area contributed by atoms with Crippen LogP contribution in [0.1, 0.15) is 11.3 Å². The van der Waals surface area contributed by atoms with Gasteiger partial charge >= 0.3 is 0 Å². The number of rotatable bonds is 4. The van der Waals surface area contributed by atoms with Crippen LogP contribution in [0, 0.1) is 10.1 Å². The van der Waals surface area contributed by atoms with Gasteiger partial charge in [0.05, 0.1) is 10.6 Å². The monoisotopic (exact) mass is 409 g/mol. The van der Waals surface area contributed by atoms with Crippen molar-refractivity contribution in [3.63, 3.8) is 0 Å². The Kier molecular flexibility index (Phi) is 4.71. The van der Waals surface area contributed by atoms with Gasteiger partial charge < -0.3 is 5.32 Å². The molecule has 4 rings (SSSR count). The smallest absolute Gasteiger partial charge is 0.269 e. The number of nitro benzene ring substituents is 1. The van der Waals surface area contributed by atoms with Crippen molar-refractivity contribution in [2.75, 3.05) is 4.67 Å². The zero-order chi connectivity index (χ0) is 19.7. The number of nitro groups is 1. The predicted molar refractivity (Wildman–Crippen MR) is 114 cm³/mol. The number of nitrogens with zero attached hydrogens (tertiary/aromatic N) is 2. The van der Waals surface area contributed by atoms with E-state index in [4.69, 9.17) is 12.2 Å². The van der Waals surface area contributed by atoms with Crippen molar-refractivity contribution in [1.29, 1.82) is 0 Å². The van der Waals surface area contributed by atoms with Crippen LogP contribution in [0.4, 0.5) is 11.4 Å². The molecule has 6 nitrogen and oxygen atoms in total. The summed E-state index contributed by atoms with van der Waals surface area (Å²) in [6.07, 6.45) is 0. The molecule has 1 saturated heterocycles. The van der Waals surface area contributed by atoms with E-state index in [1.54, 1.807) is 28.9 Å². The molecule has 0 amide bonds. The fourth-order valence-corrected chi connectivity index (χ4v) is 7.07. The number of nitrogens with one attached hydrogen (secondary N) is 1. The van der Waals surface area contributed by atoms with Gasteiger partial charge in [-0.1, -0.05) is 48.5 Å². The van der Waals surface area contributed by atoms with Crippen molar-refractivity contribution >= 4 is 41.3 Å². The third-order valence-corrected chi connectivity index (χ3v) is 8.25. The molecule has 0 saturated carbocycles. The van der Waals surface area contributed by atoms with E-state index in [-0.39, 0.29) is 5.69 Å². The molecule has 1 fully saturated rings. The van der Waals surface area contributed by atoms with Crippen LogP contribution in [0.2, 0.25) is 0 Å². The Hall–Kier alpha value is -3.02. The second-order valence-corrected chi connectivity index (χ2v) is 9.38. The molecule has 1 aliphatic heterocycles. The van der Waals surface area contributed by atoms with Gasteiger partial charge in [-0.25, -0.2) is 0 Å². The maximum atomic E-state index is 14.6. The quantitative estimate of drug-likeness (QED) is 0.294. The number of hydrogen-bond donors (Lipinski definition) is 1. The lowest BCUT2D eigenvalue weighted by atomic mass is 10.2. The third kappa shape index (κ3) is 2.99. The molecule has 0 unspecified atom stereocenters. The van der Waals surface area contributed by atoms with Crippen LogP contribution in [-0.4, -0.2) is 10.0 Å². The minimum Gasteiger partial charge on any atom is -0.346 e. The van der Waals surface area contributed by atoms with Crippen LogP contribution in [0.15, 0.2) is 84.9 Å². The number of non-ortho nitro benzene ring substituents is 1. The van der Waals surface area contributed by atoms with E-state index in [0.29, 0.717) is 21.7 Å². The van der Waals surface area contributed by atoms with Gasteiger partial charge in [-0.3, -0.25) is 19.3 Å². The number of anilines is 1. The Morgan fingerprint density at radius 2 is 1.61 bits per heavy atom. The van der Waals surface area contributed by atoms with Gasteiger partial charge in [0.1, 0.15) is 5.78 Å². The summed E-state index contributed by atoms with van der Waals surface area (Å²) in [5, 5.41) is 15.3. The number of thiocarbonyl (C=S) groups is 1. The maximum Gasteiger partial charge on any atom is 0.269 e. The zero-order valence-electron chi connectivity index (χ0n) is 14.6. The minimum absolute atomic E-state index is 0.0528. The molecule has 8 heteroatoms. The van der Waals surface area contributed by atoms with E-state index in [2.05, 4.69) is 5.32 Å². The van der Waals surface area contributed by atoms with Crippen molar-refractivity contribution in [1.82, 2.24) is 5.32 Å². The molecule has 0 radical (unpaired) electrons. The highest BCUT2D eigenvalue weighted by Crippen LogP contribution is 2.64. The summed E-state index contributed by atoms with van der Waals surface area (Å²) in [6, 6.07) is 24.6. The first-order valence-electron chi connectivity index (χ1n) is 8.57. The molecule has 0 aliphatic carbocycles. The first-order valence-corrected chi connectivity index (χ1v) is 10.7. The first-order chi connectivity index (χ1) is 13.5. The van der Waals surface area contributed by atoms with Gasteiger partial charge in [0.25, 0.3) is 5.69 Å². The number of para-hydroxylation sites is 1. The van der Waals surface area contributed by atoms with Gasteiger partial charge in [-0.2, -0.15) is 0 Å². The summed E-state index contributed by atoms with van der Waals surface area (Å²) in [6.45, 7) is 0. The Morgan fingerprint density at radius 1 is 0.964 bits per heavy atom. The van der Waals surface area contributed by atoms with Crippen molar-refractivity contribution < 1.29 is 9.49 Å². The van der Waals surface area contributed by atoms with E-state index in [9.17, 15) is 14.7 Å². The Bertz CT molecular complexity index is 1090. The average Bonchev–Trinajstić information content (AvgIpc) is 3.01. The second-order valence-electron chi connectivity index (χ2n) is 6.31. The Morgan fingerprint density at radius 3 is 2.25 bits per heavy atom. The fraction of sp³-hybridized carbons (Fsp3) is 0.0500. The molecule has 0 spiro atoms. The van der Waals surface area contributed by atoms with Crippen LogP contribution in [-0.2, 0) is 4.57 Å².